The summed E-state index contributed by atoms with van der Waals surface area (Å²) < 4.78 is 0. The fourth-order valence-corrected chi connectivity index (χ4v) is 2.29. The van der Waals surface area contributed by atoms with Crippen LogP contribution in [0.3, 0.4) is 0 Å². The van der Waals surface area contributed by atoms with Crippen molar-refractivity contribution in [2.75, 3.05) is 7.05 Å². The number of hydrogen-bond donors (Lipinski definition) is 0. The molecule has 0 atom stereocenters. The van der Waals surface area contributed by atoms with Gasteiger partial charge in [0.15, 0.2) is 0 Å². The van der Waals surface area contributed by atoms with Gasteiger partial charge in [0.1, 0.15) is 0 Å². The van der Waals surface area contributed by atoms with Gasteiger partial charge in [0, 0.05) is 14.2 Å². The van der Waals surface area contributed by atoms with Crippen molar-refractivity contribution in [3.63, 3.8) is 0 Å². The van der Waals surface area contributed by atoms with E-state index < -0.39 is 0 Å². The highest BCUT2D eigenvalue weighted by atomic mass is 14.7. The molecule has 0 N–H and O–H groups in total. The Morgan fingerprint density at radius 1 is 1.21 bits per heavy atom. The normalized spacial score (nSPS) is 14.1. The molecule has 1 aromatic rings. The third kappa shape index (κ3) is 4.36. The van der Waals surface area contributed by atoms with Gasteiger partial charge in [0.05, 0.1) is 0 Å². The lowest BCUT2D eigenvalue weighted by Gasteiger charge is -2.13. The first kappa shape index (κ1) is 15.2. The largest absolute Gasteiger partial charge is 0.293 e. The molecule has 0 bridgehead atoms. The maximum absolute atomic E-state index is 4.34. The van der Waals surface area contributed by atoms with Crippen LogP contribution >= 0.6 is 0 Å². The van der Waals surface area contributed by atoms with E-state index in [4.69, 9.17) is 0 Å². The molecule has 0 spiro atoms. The molecule has 19 heavy (non-hydrogen) atoms. The Labute approximate surface area is 118 Å². The van der Waals surface area contributed by atoms with Crippen LogP contribution in [0.4, 0.5) is 0 Å². The predicted molar refractivity (Wildman–Crippen MR) is 87.9 cm³/mol. The second kappa shape index (κ2) is 7.52. The van der Waals surface area contributed by atoms with Crippen LogP contribution in [-0.4, -0.2) is 12.8 Å². The molecular formula is C18H25N. The summed E-state index contributed by atoms with van der Waals surface area (Å²) in [6, 6.07) is 10.5. The zero-order valence-corrected chi connectivity index (χ0v) is 12.4. The summed E-state index contributed by atoms with van der Waals surface area (Å²) in [7, 11) is 1.84. The Morgan fingerprint density at radius 3 is 2.37 bits per heavy atom. The van der Waals surface area contributed by atoms with E-state index in [1.165, 1.54) is 22.3 Å². The predicted octanol–water partition coefficient (Wildman–Crippen LogP) is 5.01. The summed E-state index contributed by atoms with van der Waals surface area (Å²) in [6.45, 7) is 10.1. The van der Waals surface area contributed by atoms with Gasteiger partial charge in [-0.1, -0.05) is 54.6 Å². The first-order chi connectivity index (χ1) is 9.10. The zero-order valence-electron chi connectivity index (χ0n) is 12.4. The summed E-state index contributed by atoms with van der Waals surface area (Å²) in [5.41, 5.74) is 6.19. The number of benzene rings is 1. The minimum atomic E-state index is 0. The molecule has 0 heterocycles. The first-order valence-electron chi connectivity index (χ1n) is 6.57. The second-order valence-electron chi connectivity index (χ2n) is 4.71. The number of allylic oxidation sites excluding steroid dienone is 5. The molecule has 0 amide bonds. The van der Waals surface area contributed by atoms with Crippen LogP contribution in [0.1, 0.15) is 27.8 Å². The fraction of sp³-hybridized carbons (Fsp3) is 0.278. The molecule has 0 aliphatic carbocycles. The van der Waals surface area contributed by atoms with Gasteiger partial charge in [0.25, 0.3) is 0 Å². The molecule has 0 aliphatic heterocycles. The van der Waals surface area contributed by atoms with E-state index in [9.17, 15) is 0 Å². The summed E-state index contributed by atoms with van der Waals surface area (Å²) >= 11 is 0. The van der Waals surface area contributed by atoms with Crippen LogP contribution in [0, 0.1) is 0 Å². The monoisotopic (exact) mass is 255 g/mol. The maximum atomic E-state index is 4.34. The molecule has 0 aliphatic rings. The van der Waals surface area contributed by atoms with Gasteiger partial charge in [-0.25, -0.2) is 0 Å². The van der Waals surface area contributed by atoms with Crippen molar-refractivity contribution in [1.82, 2.24) is 0 Å². The molecule has 102 valence electrons. The van der Waals surface area contributed by atoms with E-state index in [-0.39, 0.29) is 1.43 Å². The van der Waals surface area contributed by atoms with Gasteiger partial charge in [-0.15, -0.1) is 0 Å². The number of aliphatic imine (C=N–C) groups is 1. The Bertz CT molecular complexity index is 522. The topological polar surface area (TPSA) is 12.4 Å². The van der Waals surface area contributed by atoms with Crippen molar-refractivity contribution >= 4 is 5.71 Å². The molecule has 0 aromatic heterocycles. The zero-order chi connectivity index (χ0) is 14.3. The Balaban J connectivity index is 0.00000361. The van der Waals surface area contributed by atoms with E-state index in [0.717, 1.165) is 12.1 Å². The number of hydrogen-bond acceptors (Lipinski definition) is 1. The van der Waals surface area contributed by atoms with Crippen LogP contribution < -0.4 is 0 Å². The van der Waals surface area contributed by atoms with Crippen molar-refractivity contribution in [3.05, 3.63) is 71.3 Å². The van der Waals surface area contributed by atoms with Gasteiger partial charge in [-0.3, -0.25) is 4.99 Å². The molecule has 0 saturated carbocycles. The molecule has 0 radical (unpaired) electrons. The SMILES string of the molecule is C=C/C=C(C)\C(C(C)=NC)=C(/C)Cc1ccccc1.[HH]. The first-order valence-corrected chi connectivity index (χ1v) is 6.57. The molecule has 1 rings (SSSR count). The third-order valence-electron chi connectivity index (χ3n) is 3.20. The van der Waals surface area contributed by atoms with Crippen LogP contribution in [0.2, 0.25) is 0 Å². The standard InChI is InChI=1S/C18H23N.H2/c1-6-10-14(2)18(16(4)19-5)15(3)13-17-11-8-7-9-12-17;/h6-12H,1,13H2,2-5H3;1H/b14-10-,18-15-,19-16?;. The minimum Gasteiger partial charge on any atom is -0.293 e. The lowest BCUT2D eigenvalue weighted by molar-refractivity contribution is 1.12. The average Bonchev–Trinajstić information content (AvgIpc) is 2.40. The van der Waals surface area contributed by atoms with Crippen molar-refractivity contribution in [2.45, 2.75) is 27.2 Å². The average molecular weight is 255 g/mol. The number of rotatable bonds is 5. The smallest absolute Gasteiger partial charge is 0.0388 e. The van der Waals surface area contributed by atoms with Crippen LogP contribution in [-0.2, 0) is 6.42 Å². The molecule has 0 unspecified atom stereocenters. The van der Waals surface area contributed by atoms with Crippen molar-refractivity contribution in [1.29, 1.82) is 0 Å². The molecule has 1 nitrogen and oxygen atoms in total. The van der Waals surface area contributed by atoms with E-state index in [1.54, 1.807) is 0 Å². The summed E-state index contributed by atoms with van der Waals surface area (Å²) in [4.78, 5) is 4.34. The van der Waals surface area contributed by atoms with Gasteiger partial charge in [-0.05, 0) is 43.9 Å². The second-order valence-corrected chi connectivity index (χ2v) is 4.71. The third-order valence-corrected chi connectivity index (χ3v) is 3.20. The summed E-state index contributed by atoms with van der Waals surface area (Å²) in [5, 5.41) is 0. The molecule has 1 aromatic carbocycles. The minimum absolute atomic E-state index is 0. The van der Waals surface area contributed by atoms with E-state index in [1.807, 2.05) is 25.3 Å². The van der Waals surface area contributed by atoms with E-state index in [0.29, 0.717) is 0 Å². The quantitative estimate of drug-likeness (QED) is 0.518. The van der Waals surface area contributed by atoms with Gasteiger partial charge < -0.3 is 0 Å². The van der Waals surface area contributed by atoms with E-state index in [2.05, 4.69) is 56.6 Å². The van der Waals surface area contributed by atoms with Gasteiger partial charge >= 0.3 is 0 Å². The van der Waals surface area contributed by atoms with Crippen LogP contribution in [0.15, 0.2) is 70.8 Å². The number of nitrogens with zero attached hydrogens (tertiary/aromatic N) is 1. The summed E-state index contributed by atoms with van der Waals surface area (Å²) in [6.07, 6.45) is 4.82. The maximum Gasteiger partial charge on any atom is 0.0388 e. The van der Waals surface area contributed by atoms with Crippen molar-refractivity contribution < 1.29 is 1.43 Å². The Morgan fingerprint density at radius 2 is 1.84 bits per heavy atom. The molecule has 0 fully saturated rings. The highest BCUT2D eigenvalue weighted by Gasteiger charge is 2.08. The van der Waals surface area contributed by atoms with Crippen LogP contribution in [0.5, 0.6) is 0 Å². The lowest BCUT2D eigenvalue weighted by atomic mass is 9.93. The van der Waals surface area contributed by atoms with Gasteiger partial charge in [-0.2, -0.15) is 0 Å². The van der Waals surface area contributed by atoms with Crippen molar-refractivity contribution in [3.8, 4) is 0 Å². The highest BCUT2D eigenvalue weighted by Crippen LogP contribution is 2.20. The van der Waals surface area contributed by atoms with Gasteiger partial charge in [0.2, 0.25) is 0 Å². The highest BCUT2D eigenvalue weighted by molar-refractivity contribution is 6.02. The molecule has 0 saturated heterocycles. The Kier molecular flexibility index (Phi) is 6.01. The van der Waals surface area contributed by atoms with Crippen molar-refractivity contribution in [2.24, 2.45) is 4.99 Å². The lowest BCUT2D eigenvalue weighted by Crippen LogP contribution is -2.04. The summed E-state index contributed by atoms with van der Waals surface area (Å²) in [5.74, 6) is 0. The molecule has 1 heteroatoms. The van der Waals surface area contributed by atoms with Crippen LogP contribution in [0.25, 0.3) is 0 Å². The van der Waals surface area contributed by atoms with E-state index >= 15 is 0 Å². The fourth-order valence-electron chi connectivity index (χ4n) is 2.29. The Hall–Kier alpha value is -1.89. The molecular weight excluding hydrogens is 230 g/mol.